The normalized spacial score (nSPS) is 17.0. The predicted octanol–water partition coefficient (Wildman–Crippen LogP) is 4.46. The molecule has 0 aliphatic carbocycles. The number of halogens is 3. The highest BCUT2D eigenvalue weighted by Crippen LogP contribution is 2.38. The number of rotatable bonds is 8. The number of carboxylic acid groups (broad SMARTS) is 1. The van der Waals surface area contributed by atoms with E-state index < -0.39 is 24.2 Å². The second kappa shape index (κ2) is 14.4. The Morgan fingerprint density at radius 1 is 1.11 bits per heavy atom. The van der Waals surface area contributed by atoms with Crippen LogP contribution in [-0.2, 0) is 20.9 Å². The first-order chi connectivity index (χ1) is 20.7. The Bertz CT molecular complexity index is 1510. The molecule has 13 heteroatoms. The molecule has 0 saturated heterocycles. The van der Waals surface area contributed by atoms with Crippen molar-refractivity contribution in [2.75, 3.05) is 32.7 Å². The highest BCUT2D eigenvalue weighted by molar-refractivity contribution is 6.01. The fourth-order valence-electron chi connectivity index (χ4n) is 4.65. The van der Waals surface area contributed by atoms with Gasteiger partial charge in [-0.1, -0.05) is 18.2 Å². The maximum Gasteiger partial charge on any atom is 0.490 e. The zero-order valence-electron chi connectivity index (χ0n) is 25.2. The van der Waals surface area contributed by atoms with Crippen LogP contribution >= 0.6 is 0 Å². The van der Waals surface area contributed by atoms with Gasteiger partial charge in [-0.05, 0) is 74.5 Å². The van der Waals surface area contributed by atoms with E-state index in [9.17, 15) is 22.8 Å². The maximum atomic E-state index is 14.1. The number of anilines is 1. The van der Waals surface area contributed by atoms with E-state index in [1.165, 1.54) is 7.11 Å². The topological polar surface area (TPSA) is 126 Å². The molecule has 4 rings (SSSR count). The standard InChI is InChI=1S/C29H35N3O5.C2HF3O2/c1-17-7-11-24-26(13-17)37-19(3)27(31-15-18(2)30-4)28(33)32(24)16-23-22-10-8-21(29(34)36-6)14-20(22)9-12-25(23)35-5;3-2(4,5)1(6)7/h7-14,18-19,27,30-31H,15-16H2,1-6H3;(H,6,7)/t18-,19-,27-;/m0./s1. The second-order valence-corrected chi connectivity index (χ2v) is 10.3. The van der Waals surface area contributed by atoms with Gasteiger partial charge >= 0.3 is 18.1 Å². The summed E-state index contributed by atoms with van der Waals surface area (Å²) in [4.78, 5) is 36.9. The van der Waals surface area contributed by atoms with Gasteiger partial charge in [-0.2, -0.15) is 13.2 Å². The Morgan fingerprint density at radius 2 is 1.80 bits per heavy atom. The number of esters is 1. The van der Waals surface area contributed by atoms with Gasteiger partial charge < -0.3 is 34.9 Å². The summed E-state index contributed by atoms with van der Waals surface area (Å²) < 4.78 is 48.7. The average Bonchev–Trinajstić information content (AvgIpc) is 3.07. The number of benzene rings is 3. The van der Waals surface area contributed by atoms with Gasteiger partial charge in [0.15, 0.2) is 0 Å². The molecule has 10 nitrogen and oxygen atoms in total. The summed E-state index contributed by atoms with van der Waals surface area (Å²) >= 11 is 0. The van der Waals surface area contributed by atoms with Crippen LogP contribution < -0.4 is 25.0 Å². The predicted molar refractivity (Wildman–Crippen MR) is 158 cm³/mol. The average molecular weight is 620 g/mol. The zero-order valence-corrected chi connectivity index (χ0v) is 25.2. The molecule has 1 aliphatic heterocycles. The number of carbonyl (C=O) groups is 3. The summed E-state index contributed by atoms with van der Waals surface area (Å²) in [7, 11) is 4.87. The molecule has 0 fully saturated rings. The number of hydrogen-bond acceptors (Lipinski definition) is 8. The number of ether oxygens (including phenoxy) is 3. The minimum atomic E-state index is -5.08. The van der Waals surface area contributed by atoms with Crippen molar-refractivity contribution in [3.8, 4) is 11.5 Å². The van der Waals surface area contributed by atoms with E-state index in [0.717, 1.165) is 21.9 Å². The number of fused-ring (bicyclic) bond motifs is 2. The Hall–Kier alpha value is -4.36. The number of hydrogen-bond donors (Lipinski definition) is 3. The van der Waals surface area contributed by atoms with E-state index in [-0.39, 0.29) is 24.6 Å². The summed E-state index contributed by atoms with van der Waals surface area (Å²) in [5, 5.41) is 15.5. The van der Waals surface area contributed by atoms with E-state index >= 15 is 0 Å². The number of aliphatic carboxylic acids is 1. The van der Waals surface area contributed by atoms with Gasteiger partial charge in [0.05, 0.1) is 32.0 Å². The summed E-state index contributed by atoms with van der Waals surface area (Å²) in [5.41, 5.74) is 3.06. The van der Waals surface area contributed by atoms with Crippen LogP contribution in [0.25, 0.3) is 10.8 Å². The van der Waals surface area contributed by atoms with Crippen LogP contribution in [0.15, 0.2) is 48.5 Å². The van der Waals surface area contributed by atoms with Crippen LogP contribution in [-0.4, -0.2) is 75.1 Å². The minimum Gasteiger partial charge on any atom is -0.496 e. The van der Waals surface area contributed by atoms with Gasteiger partial charge in [0.2, 0.25) is 5.91 Å². The lowest BCUT2D eigenvalue weighted by Gasteiger charge is -2.28. The monoisotopic (exact) mass is 619 g/mol. The number of nitrogens with one attached hydrogen (secondary N) is 2. The lowest BCUT2D eigenvalue weighted by Crippen LogP contribution is -2.54. The van der Waals surface area contributed by atoms with Crippen molar-refractivity contribution >= 4 is 34.3 Å². The number of nitrogens with zero attached hydrogens (tertiary/aromatic N) is 1. The SMILES string of the molecule is CN[C@@H](C)CN[C@@H]1C(=O)N(Cc2c(OC)ccc3cc(C(=O)OC)ccc23)c2ccc(C)cc2O[C@H]1C.O=C(O)C(F)(F)F. The Kier molecular flexibility index (Phi) is 11.2. The molecular formula is C31H36F3N3O7. The molecule has 1 aliphatic rings. The molecule has 3 N–H and O–H groups in total. The van der Waals surface area contributed by atoms with E-state index in [2.05, 4.69) is 17.6 Å². The number of amides is 1. The lowest BCUT2D eigenvalue weighted by atomic mass is 10.00. The first kappa shape index (κ1) is 34.1. The molecule has 0 saturated carbocycles. The van der Waals surface area contributed by atoms with E-state index in [4.69, 9.17) is 24.1 Å². The maximum absolute atomic E-state index is 14.1. The van der Waals surface area contributed by atoms with Gasteiger partial charge in [-0.15, -0.1) is 0 Å². The van der Waals surface area contributed by atoms with Crippen LogP contribution in [0, 0.1) is 6.92 Å². The van der Waals surface area contributed by atoms with Gasteiger partial charge in [0.1, 0.15) is 23.6 Å². The fourth-order valence-corrected chi connectivity index (χ4v) is 4.65. The molecule has 0 bridgehead atoms. The molecule has 3 atom stereocenters. The molecule has 3 aromatic carbocycles. The molecule has 3 aromatic rings. The van der Waals surface area contributed by atoms with Crippen molar-refractivity contribution in [1.29, 1.82) is 0 Å². The van der Waals surface area contributed by atoms with Gasteiger partial charge in [-0.3, -0.25) is 4.79 Å². The van der Waals surface area contributed by atoms with Crippen molar-refractivity contribution in [3.63, 3.8) is 0 Å². The fraction of sp³-hybridized carbons (Fsp3) is 0.387. The molecule has 1 heterocycles. The minimum absolute atomic E-state index is 0.0800. The zero-order chi connectivity index (χ0) is 32.8. The van der Waals surface area contributed by atoms with Gasteiger partial charge in [0.25, 0.3) is 0 Å². The number of aryl methyl sites for hydroxylation is 1. The van der Waals surface area contributed by atoms with E-state index in [1.807, 2.05) is 57.3 Å². The third-order valence-corrected chi connectivity index (χ3v) is 7.15. The van der Waals surface area contributed by atoms with Crippen molar-refractivity contribution < 1.29 is 46.9 Å². The number of carbonyl (C=O) groups excluding carboxylic acids is 2. The number of carboxylic acids is 1. The molecule has 0 unspecified atom stereocenters. The molecule has 1 amide bonds. The number of methoxy groups -OCH3 is 2. The summed E-state index contributed by atoms with van der Waals surface area (Å²) in [6, 6.07) is 14.7. The molecule has 238 valence electrons. The first-order valence-electron chi connectivity index (χ1n) is 13.7. The van der Waals surface area contributed by atoms with Crippen molar-refractivity contribution in [2.45, 2.75) is 51.7 Å². The molecule has 0 radical (unpaired) electrons. The Morgan fingerprint density at radius 3 is 2.39 bits per heavy atom. The van der Waals surface area contributed by atoms with Crippen molar-refractivity contribution in [2.24, 2.45) is 0 Å². The Balaban J connectivity index is 0.000000676. The highest BCUT2D eigenvalue weighted by atomic mass is 19.4. The van der Waals surface area contributed by atoms with Crippen molar-refractivity contribution in [3.05, 3.63) is 65.2 Å². The third kappa shape index (κ3) is 7.97. The quantitative estimate of drug-likeness (QED) is 0.314. The van der Waals surface area contributed by atoms with E-state index in [0.29, 0.717) is 29.3 Å². The number of alkyl halides is 3. The first-order valence-corrected chi connectivity index (χ1v) is 13.7. The van der Waals surface area contributed by atoms with E-state index in [1.54, 1.807) is 24.1 Å². The largest absolute Gasteiger partial charge is 0.496 e. The number of likely N-dealkylation sites (N-methyl/N-ethyl adjacent to an activating group) is 1. The molecular weight excluding hydrogens is 583 g/mol. The van der Waals surface area contributed by atoms with Crippen LogP contribution in [0.2, 0.25) is 0 Å². The third-order valence-electron chi connectivity index (χ3n) is 7.15. The van der Waals surface area contributed by atoms with Gasteiger partial charge in [0, 0.05) is 18.2 Å². The van der Waals surface area contributed by atoms with Crippen LogP contribution in [0.3, 0.4) is 0 Å². The summed E-state index contributed by atoms with van der Waals surface area (Å²) in [6.45, 7) is 6.85. The van der Waals surface area contributed by atoms with Crippen LogP contribution in [0.4, 0.5) is 18.9 Å². The smallest absolute Gasteiger partial charge is 0.490 e. The molecule has 0 aromatic heterocycles. The van der Waals surface area contributed by atoms with Crippen molar-refractivity contribution in [1.82, 2.24) is 10.6 Å². The van der Waals surface area contributed by atoms with Gasteiger partial charge in [-0.25, -0.2) is 9.59 Å². The lowest BCUT2D eigenvalue weighted by molar-refractivity contribution is -0.192. The second-order valence-electron chi connectivity index (χ2n) is 10.3. The molecule has 44 heavy (non-hydrogen) atoms. The Labute approximate surface area is 253 Å². The molecule has 0 spiro atoms. The van der Waals surface area contributed by atoms with Crippen LogP contribution in [0.1, 0.15) is 35.3 Å². The van der Waals surface area contributed by atoms with Crippen LogP contribution in [0.5, 0.6) is 11.5 Å². The summed E-state index contributed by atoms with van der Waals surface area (Å²) in [5.74, 6) is -1.91. The summed E-state index contributed by atoms with van der Waals surface area (Å²) in [6.07, 6.45) is -5.46. The highest BCUT2D eigenvalue weighted by Gasteiger charge is 2.38.